The van der Waals surface area contributed by atoms with Crippen molar-refractivity contribution in [3.63, 3.8) is 0 Å². The van der Waals surface area contributed by atoms with Gasteiger partial charge in [-0.05, 0) is 0 Å². The summed E-state index contributed by atoms with van der Waals surface area (Å²) in [6.07, 6.45) is 0. The molecular formula is H2O5Ru. The van der Waals surface area contributed by atoms with Crippen LogP contribution in [0.5, 0.6) is 0 Å². The fraction of sp³-hybridized carbons (Fsp3) is 0. The molecule has 0 atom stereocenters. The summed E-state index contributed by atoms with van der Waals surface area (Å²) in [5.41, 5.74) is 0. The van der Waals surface area contributed by atoms with E-state index in [0.717, 1.165) is 0 Å². The zero-order valence-corrected chi connectivity index (χ0v) is 4.22. The summed E-state index contributed by atoms with van der Waals surface area (Å²) >= 11 is -5.86. The molecule has 0 aliphatic carbocycles. The Morgan fingerprint density at radius 3 is 0.833 bits per heavy atom. The summed E-state index contributed by atoms with van der Waals surface area (Å²) < 4.78 is 34.4. The van der Waals surface area contributed by atoms with Crippen molar-refractivity contribution in [2.45, 2.75) is 0 Å². The van der Waals surface area contributed by atoms with Gasteiger partial charge >= 0.3 is 28.9 Å². The molecule has 0 amide bonds. The molecule has 0 aromatic rings. The van der Waals surface area contributed by atoms with Crippen LogP contribution < -0.4 is 0 Å². The molecule has 40 valence electrons. The van der Waals surface area contributed by atoms with Gasteiger partial charge in [-0.15, -0.1) is 0 Å². The summed E-state index contributed by atoms with van der Waals surface area (Å²) in [7, 11) is 0. The van der Waals surface area contributed by atoms with E-state index in [9.17, 15) is 0 Å². The standard InChI is InChI=1S/H2O.4O.Ru/h1H2;;;;;. The van der Waals surface area contributed by atoms with Crippen molar-refractivity contribution in [1.82, 2.24) is 0 Å². The molecule has 0 rings (SSSR count). The van der Waals surface area contributed by atoms with Gasteiger partial charge in [-0.3, -0.25) is 0 Å². The van der Waals surface area contributed by atoms with E-state index in [-0.39, 0.29) is 5.48 Å². The Balaban J connectivity index is 0. The quantitative estimate of drug-likeness (QED) is 0.435. The summed E-state index contributed by atoms with van der Waals surface area (Å²) in [4.78, 5) is 0. The first-order valence-electron chi connectivity index (χ1n) is 0.577. The van der Waals surface area contributed by atoms with Gasteiger partial charge in [0.2, 0.25) is 0 Å². The first-order valence-corrected chi connectivity index (χ1v) is 3.42. The molecule has 0 bridgehead atoms. The SMILES string of the molecule is O.[O]=[Ru](=[O])(=[O])=[O]. The van der Waals surface area contributed by atoms with Crippen molar-refractivity contribution in [2.24, 2.45) is 0 Å². The molecule has 0 aromatic carbocycles. The number of hydrogen-bond acceptors (Lipinski definition) is 4. The maximum absolute atomic E-state index is 8.61. The predicted octanol–water partition coefficient (Wildman–Crippen LogP) is -1.30. The Morgan fingerprint density at radius 1 is 0.833 bits per heavy atom. The van der Waals surface area contributed by atoms with Crippen molar-refractivity contribution < 1.29 is 34.3 Å². The monoisotopic (exact) mass is 184 g/mol. The van der Waals surface area contributed by atoms with Crippen LogP contribution in [0.25, 0.3) is 0 Å². The van der Waals surface area contributed by atoms with Crippen LogP contribution in [0.4, 0.5) is 0 Å². The van der Waals surface area contributed by atoms with Crippen molar-refractivity contribution in [3.05, 3.63) is 0 Å². The molecule has 0 aliphatic heterocycles. The molecule has 6 heteroatoms. The van der Waals surface area contributed by atoms with Gasteiger partial charge in [-0.25, -0.2) is 0 Å². The molecule has 0 fully saturated rings. The molecule has 0 saturated carbocycles. The first kappa shape index (κ1) is 9.24. The molecule has 0 saturated heterocycles. The third-order valence-corrected chi connectivity index (χ3v) is 0. The molecule has 0 radical (unpaired) electrons. The Hall–Kier alpha value is -0.217. The molecule has 0 unspecified atom stereocenters. The fourth-order valence-electron chi connectivity index (χ4n) is 0. The van der Waals surface area contributed by atoms with E-state index in [4.69, 9.17) is 14.3 Å². The molecule has 0 spiro atoms. The molecule has 2 N–H and O–H groups in total. The van der Waals surface area contributed by atoms with Crippen molar-refractivity contribution in [1.29, 1.82) is 0 Å². The van der Waals surface area contributed by atoms with Crippen molar-refractivity contribution in [3.8, 4) is 0 Å². The average molecular weight is 183 g/mol. The van der Waals surface area contributed by atoms with E-state index >= 15 is 0 Å². The van der Waals surface area contributed by atoms with E-state index in [1.807, 2.05) is 0 Å². The van der Waals surface area contributed by atoms with Crippen LogP contribution >= 0.6 is 0 Å². The van der Waals surface area contributed by atoms with Crippen molar-refractivity contribution in [2.75, 3.05) is 0 Å². The third-order valence-electron chi connectivity index (χ3n) is 0. The van der Waals surface area contributed by atoms with Gasteiger partial charge in [0.25, 0.3) is 0 Å². The molecule has 0 aliphatic rings. The van der Waals surface area contributed by atoms with Crippen LogP contribution in [0.3, 0.4) is 0 Å². The van der Waals surface area contributed by atoms with Crippen LogP contribution in [-0.4, -0.2) is 5.48 Å². The zero-order valence-electron chi connectivity index (χ0n) is 2.49. The second-order valence-electron chi connectivity index (χ2n) is 0.354. The van der Waals surface area contributed by atoms with Crippen LogP contribution in [0.2, 0.25) is 0 Å². The first-order chi connectivity index (χ1) is 2.00. The molecule has 0 aromatic heterocycles. The van der Waals surface area contributed by atoms with Crippen LogP contribution in [-0.2, 0) is 28.9 Å². The Morgan fingerprint density at radius 2 is 0.833 bits per heavy atom. The van der Waals surface area contributed by atoms with Gasteiger partial charge in [0.15, 0.2) is 0 Å². The maximum atomic E-state index is 8.61. The summed E-state index contributed by atoms with van der Waals surface area (Å²) in [6.45, 7) is 0. The van der Waals surface area contributed by atoms with Gasteiger partial charge in [-0.1, -0.05) is 0 Å². The predicted molar refractivity (Wildman–Crippen MR) is 6.36 cm³/mol. The number of hydrogen-bond donors (Lipinski definition) is 0. The van der Waals surface area contributed by atoms with E-state index < -0.39 is 14.6 Å². The van der Waals surface area contributed by atoms with Gasteiger partial charge in [0, 0.05) is 0 Å². The third kappa shape index (κ3) is 625. The van der Waals surface area contributed by atoms with E-state index in [1.165, 1.54) is 0 Å². The molecule has 6 heavy (non-hydrogen) atoms. The molecular weight excluding hydrogens is 181 g/mol. The summed E-state index contributed by atoms with van der Waals surface area (Å²) in [6, 6.07) is 0. The Labute approximate surface area is 35.1 Å². The molecule has 0 heterocycles. The second-order valence-corrected chi connectivity index (χ2v) is 2.09. The number of rotatable bonds is 0. The zero-order chi connectivity index (χ0) is 4.50. The Bertz CT molecular complexity index is 155. The normalized spacial score (nSPS) is 9.33. The van der Waals surface area contributed by atoms with E-state index in [1.54, 1.807) is 0 Å². The average Bonchev–Trinajstić information content (AvgIpc) is 0.722. The molecule has 5 nitrogen and oxygen atoms in total. The Kier molecular flexibility index (Phi) is 3.15. The summed E-state index contributed by atoms with van der Waals surface area (Å²) in [5.74, 6) is 0. The van der Waals surface area contributed by atoms with Gasteiger partial charge in [0.05, 0.1) is 0 Å². The van der Waals surface area contributed by atoms with Crippen LogP contribution in [0, 0.1) is 0 Å². The second kappa shape index (κ2) is 2.05. The minimum absolute atomic E-state index is 0. The van der Waals surface area contributed by atoms with Gasteiger partial charge in [-0.2, -0.15) is 0 Å². The van der Waals surface area contributed by atoms with E-state index in [0.29, 0.717) is 0 Å². The van der Waals surface area contributed by atoms with Crippen LogP contribution in [0.15, 0.2) is 0 Å². The van der Waals surface area contributed by atoms with Crippen molar-refractivity contribution >= 4 is 0 Å². The summed E-state index contributed by atoms with van der Waals surface area (Å²) in [5, 5.41) is 0. The van der Waals surface area contributed by atoms with Gasteiger partial charge in [0.1, 0.15) is 0 Å². The van der Waals surface area contributed by atoms with Crippen LogP contribution in [0.1, 0.15) is 0 Å². The van der Waals surface area contributed by atoms with E-state index in [2.05, 4.69) is 0 Å². The van der Waals surface area contributed by atoms with Gasteiger partial charge < -0.3 is 5.48 Å². The topological polar surface area (TPSA) is 99.8 Å². The fourth-order valence-corrected chi connectivity index (χ4v) is 0. The minimum atomic E-state index is -5.86.